The van der Waals surface area contributed by atoms with Crippen LogP contribution < -0.4 is 0 Å². The molecule has 0 fully saturated rings. The van der Waals surface area contributed by atoms with Crippen molar-refractivity contribution in [3.63, 3.8) is 0 Å². The van der Waals surface area contributed by atoms with Crippen LogP contribution in [0.15, 0.2) is 76.0 Å². The monoisotopic (exact) mass is 462 g/mol. The van der Waals surface area contributed by atoms with Crippen molar-refractivity contribution in [2.45, 2.75) is 31.1 Å². The molecule has 1 aromatic rings. The third-order valence-corrected chi connectivity index (χ3v) is 7.40. The van der Waals surface area contributed by atoms with E-state index < -0.39 is 21.8 Å². The molecule has 0 amide bonds. The molecule has 0 bridgehead atoms. The summed E-state index contributed by atoms with van der Waals surface area (Å²) in [7, 11) is 0.710. The van der Waals surface area contributed by atoms with Gasteiger partial charge in [0.1, 0.15) is 11.6 Å². The average molecular weight is 462 g/mol. The van der Waals surface area contributed by atoms with E-state index in [-0.39, 0.29) is 22.1 Å². The van der Waals surface area contributed by atoms with Crippen molar-refractivity contribution in [2.24, 2.45) is 5.92 Å². The van der Waals surface area contributed by atoms with Gasteiger partial charge in [0.2, 0.25) is 13.1 Å². The molecule has 0 saturated heterocycles. The Bertz CT molecular complexity index is 1240. The average Bonchev–Trinajstić information content (AvgIpc) is 3.14. The predicted octanol–water partition coefficient (Wildman–Crippen LogP) is 2.61. The van der Waals surface area contributed by atoms with Gasteiger partial charge < -0.3 is 9.69 Å². The van der Waals surface area contributed by atoms with Crippen LogP contribution in [0, 0.1) is 24.2 Å². The second-order valence-corrected chi connectivity index (χ2v) is 10.1. The van der Waals surface area contributed by atoms with Crippen LogP contribution >= 0.6 is 0 Å². The van der Waals surface area contributed by atoms with Gasteiger partial charge in [-0.05, 0) is 38.4 Å². The summed E-state index contributed by atoms with van der Waals surface area (Å²) in [6, 6.07) is 7.63. The maximum atomic E-state index is 13.8. The number of fused-ring (bicyclic) bond motifs is 1. The molecular weight excluding hydrogens is 437 g/mol. The zero-order valence-electron chi connectivity index (χ0n) is 19.0. The van der Waals surface area contributed by atoms with Gasteiger partial charge in [-0.15, -0.1) is 0 Å². The largest absolute Gasteiger partial charge is 0.382 e. The predicted molar refractivity (Wildman–Crippen MR) is 127 cm³/mol. The molecule has 1 aromatic carbocycles. The lowest BCUT2D eigenvalue weighted by molar-refractivity contribution is -0.112. The molecule has 2 atom stereocenters. The van der Waals surface area contributed by atoms with Gasteiger partial charge in [-0.25, -0.2) is 8.42 Å². The number of carbonyl (C=O) groups is 2. The Balaban J connectivity index is 2.16. The molecule has 2 aliphatic rings. The number of nitrogens with zero attached hydrogens (tertiary/aromatic N) is 3. The summed E-state index contributed by atoms with van der Waals surface area (Å²) in [6.07, 6.45) is 7.75. The van der Waals surface area contributed by atoms with E-state index in [1.165, 1.54) is 25.6 Å². The Morgan fingerprint density at radius 3 is 2.42 bits per heavy atom. The topological polar surface area (TPSA) is 98.5 Å². The van der Waals surface area contributed by atoms with Crippen LogP contribution in [0.1, 0.15) is 12.5 Å². The summed E-state index contributed by atoms with van der Waals surface area (Å²) >= 11 is 0. The van der Waals surface area contributed by atoms with Crippen molar-refractivity contribution in [3.8, 4) is 6.07 Å². The molecule has 0 N–H and O–H groups in total. The first-order valence-electron chi connectivity index (χ1n) is 10.4. The van der Waals surface area contributed by atoms with Gasteiger partial charge in [0, 0.05) is 26.2 Å². The number of allylic oxidation sites excluding steroid dienone is 3. The minimum absolute atomic E-state index is 0.0545. The molecule has 3 rings (SSSR count). The van der Waals surface area contributed by atoms with Gasteiger partial charge in [0.15, 0.2) is 0 Å². The number of nitriles is 1. The van der Waals surface area contributed by atoms with Gasteiger partial charge in [-0.3, -0.25) is 9.10 Å². The highest BCUT2D eigenvalue weighted by molar-refractivity contribution is 7.89. The number of ketones is 1. The highest BCUT2D eigenvalue weighted by Crippen LogP contribution is 2.40. The van der Waals surface area contributed by atoms with Crippen LogP contribution in [0.2, 0.25) is 6.32 Å². The molecule has 0 saturated carbocycles. The van der Waals surface area contributed by atoms with Crippen molar-refractivity contribution >= 4 is 29.3 Å². The first-order valence-corrected chi connectivity index (χ1v) is 11.9. The van der Waals surface area contributed by atoms with Crippen LogP contribution in [0.25, 0.3) is 0 Å². The number of sulfonamides is 1. The van der Waals surface area contributed by atoms with Crippen molar-refractivity contribution in [2.75, 3.05) is 14.1 Å². The van der Waals surface area contributed by atoms with Crippen LogP contribution in [-0.4, -0.2) is 57.0 Å². The van der Waals surface area contributed by atoms with Gasteiger partial charge in [-0.1, -0.05) is 41.0 Å². The Labute approximate surface area is 195 Å². The number of carbonyl (C=O) groups excluding carboxylic acids is 2. The van der Waals surface area contributed by atoms with E-state index in [1.807, 2.05) is 26.0 Å². The molecule has 2 unspecified atom stereocenters. The number of benzene rings is 1. The van der Waals surface area contributed by atoms with Gasteiger partial charge in [-0.2, -0.15) is 5.26 Å². The molecule has 1 radical (unpaired) electrons. The first-order chi connectivity index (χ1) is 15.6. The summed E-state index contributed by atoms with van der Waals surface area (Å²) in [5, 5.41) is 9.56. The lowest BCUT2D eigenvalue weighted by Gasteiger charge is -2.32. The van der Waals surface area contributed by atoms with Crippen molar-refractivity contribution in [1.29, 1.82) is 5.26 Å². The Hall–Kier alpha value is -3.38. The summed E-state index contributed by atoms with van der Waals surface area (Å²) < 4.78 is 28.6. The van der Waals surface area contributed by atoms with Crippen molar-refractivity contribution in [1.82, 2.24) is 9.21 Å². The van der Waals surface area contributed by atoms with E-state index in [0.29, 0.717) is 12.5 Å². The molecule has 9 heteroatoms. The lowest BCUT2D eigenvalue weighted by atomic mass is 9.70. The normalized spacial score (nSPS) is 20.2. The molecule has 7 nitrogen and oxygen atoms in total. The molecular formula is C24H25BN3O4S. The molecule has 0 aromatic heterocycles. The Morgan fingerprint density at radius 2 is 1.85 bits per heavy atom. The summed E-state index contributed by atoms with van der Waals surface area (Å²) in [5.41, 5.74) is 2.42. The zero-order valence-corrected chi connectivity index (χ0v) is 19.8. The highest BCUT2D eigenvalue weighted by atomic mass is 32.2. The molecule has 1 aliphatic heterocycles. The van der Waals surface area contributed by atoms with Crippen LogP contribution in [0.4, 0.5) is 0 Å². The highest BCUT2D eigenvalue weighted by Gasteiger charge is 2.44. The second-order valence-electron chi connectivity index (χ2n) is 8.30. The van der Waals surface area contributed by atoms with E-state index in [0.717, 1.165) is 21.0 Å². The fourth-order valence-corrected chi connectivity index (χ4v) is 5.59. The lowest BCUT2D eigenvalue weighted by Crippen LogP contribution is -2.40. The molecule has 1 aliphatic carbocycles. The van der Waals surface area contributed by atoms with E-state index in [4.69, 9.17) is 0 Å². The fourth-order valence-electron chi connectivity index (χ4n) is 3.96. The van der Waals surface area contributed by atoms with Gasteiger partial charge >= 0.3 is 0 Å². The first kappa shape index (κ1) is 24.3. The van der Waals surface area contributed by atoms with E-state index in [2.05, 4.69) is 0 Å². The Kier molecular flexibility index (Phi) is 7.08. The minimum Gasteiger partial charge on any atom is -0.382 e. The Morgan fingerprint density at radius 1 is 1.18 bits per heavy atom. The van der Waals surface area contributed by atoms with Gasteiger partial charge in [0.05, 0.1) is 22.8 Å². The SMILES string of the molecule is CC1=CC2C=C(C(=O)C(C#N)=CN(C)C)N(S(=O)(=O)c3ccc(C)cc3)C2C=C1C[B]C=O. The number of aryl methyl sites for hydroxylation is 1. The second kappa shape index (κ2) is 9.63. The number of rotatable bonds is 8. The molecule has 169 valence electrons. The third kappa shape index (κ3) is 4.86. The van der Waals surface area contributed by atoms with Crippen molar-refractivity contribution in [3.05, 3.63) is 76.7 Å². The van der Waals surface area contributed by atoms with Crippen LogP contribution in [0.3, 0.4) is 0 Å². The van der Waals surface area contributed by atoms with E-state index in [1.54, 1.807) is 43.3 Å². The van der Waals surface area contributed by atoms with Crippen molar-refractivity contribution < 1.29 is 18.0 Å². The minimum atomic E-state index is -4.11. The molecule has 33 heavy (non-hydrogen) atoms. The standard InChI is InChI=1S/C24H25BN3O4S/c1-16-5-7-21(8-6-16)33(31,32)28-22-11-19(12-25-15-29)17(2)9-18(22)10-23(28)24(30)20(13-26)14-27(3)4/h5-11,14-15,18,22H,12H2,1-4H3. The number of hydrogen-bond donors (Lipinski definition) is 0. The third-order valence-electron chi connectivity index (χ3n) is 5.57. The maximum absolute atomic E-state index is 13.8. The summed E-state index contributed by atoms with van der Waals surface area (Å²) in [4.78, 5) is 25.8. The smallest absolute Gasteiger partial charge is 0.265 e. The number of Topliss-reactive ketones (excluding diaryl/α,β-unsaturated/α-hetero) is 1. The number of hydrogen-bond acceptors (Lipinski definition) is 6. The fraction of sp³-hybridized carbons (Fsp3) is 0.292. The molecule has 0 spiro atoms. The summed E-state index contributed by atoms with van der Waals surface area (Å²) in [5.74, 6) is -1.03. The maximum Gasteiger partial charge on any atom is 0.265 e. The van der Waals surface area contributed by atoms with Gasteiger partial charge in [0.25, 0.3) is 10.0 Å². The summed E-state index contributed by atoms with van der Waals surface area (Å²) in [6.45, 7) is 3.75. The molecule has 1 heterocycles. The van der Waals surface area contributed by atoms with Crippen LogP contribution in [-0.2, 0) is 19.6 Å². The van der Waals surface area contributed by atoms with E-state index in [9.17, 15) is 23.3 Å². The van der Waals surface area contributed by atoms with Crippen LogP contribution in [0.5, 0.6) is 0 Å². The zero-order chi connectivity index (χ0) is 24.3. The quantitative estimate of drug-likeness (QED) is 0.255. The van der Waals surface area contributed by atoms with E-state index >= 15 is 0 Å².